The number of nitrogens with zero attached hydrogens (tertiary/aromatic N) is 2. The summed E-state index contributed by atoms with van der Waals surface area (Å²) in [6, 6.07) is 12.8. The third-order valence-electron chi connectivity index (χ3n) is 5.17. The van der Waals surface area contributed by atoms with Crippen molar-refractivity contribution in [2.24, 2.45) is 5.73 Å². The van der Waals surface area contributed by atoms with E-state index in [4.69, 9.17) is 15.2 Å². The molecule has 1 aliphatic heterocycles. The molecule has 2 aromatic rings. The van der Waals surface area contributed by atoms with Gasteiger partial charge in [-0.1, -0.05) is 36.4 Å². The van der Waals surface area contributed by atoms with Crippen LogP contribution in [-0.2, 0) is 22.6 Å². The maximum Gasteiger partial charge on any atom is 0.325 e. The average Bonchev–Trinajstić information content (AvgIpc) is 2.77. The second-order valence-corrected chi connectivity index (χ2v) is 7.19. The molecule has 0 saturated carbocycles. The Morgan fingerprint density at radius 3 is 2.39 bits per heavy atom. The van der Waals surface area contributed by atoms with Gasteiger partial charge in [0.2, 0.25) is 5.91 Å². The van der Waals surface area contributed by atoms with E-state index in [1.807, 2.05) is 30.3 Å². The van der Waals surface area contributed by atoms with Gasteiger partial charge in [-0.15, -0.1) is 0 Å². The van der Waals surface area contributed by atoms with Gasteiger partial charge in [0.25, 0.3) is 5.91 Å². The fourth-order valence-electron chi connectivity index (χ4n) is 3.49. The number of nitrogens with two attached hydrogens (primary N) is 1. The van der Waals surface area contributed by atoms with E-state index in [2.05, 4.69) is 5.32 Å². The lowest BCUT2D eigenvalue weighted by molar-refractivity contribution is -0.146. The lowest BCUT2D eigenvalue weighted by Crippen LogP contribution is -2.70. The number of urea groups is 1. The Labute approximate surface area is 180 Å². The smallest absolute Gasteiger partial charge is 0.325 e. The first-order valence-corrected chi connectivity index (χ1v) is 9.73. The first-order chi connectivity index (χ1) is 14.8. The highest BCUT2D eigenvalue weighted by atomic mass is 16.5. The second-order valence-electron chi connectivity index (χ2n) is 7.19. The van der Waals surface area contributed by atoms with E-state index in [1.165, 1.54) is 26.2 Å². The summed E-state index contributed by atoms with van der Waals surface area (Å²) in [6.45, 7) is 0.167. The van der Waals surface area contributed by atoms with E-state index in [-0.39, 0.29) is 18.9 Å². The molecule has 3 rings (SSSR count). The molecule has 9 heteroatoms. The molecule has 4 amide bonds. The molecule has 0 aromatic heterocycles. The van der Waals surface area contributed by atoms with E-state index in [1.54, 1.807) is 18.2 Å². The predicted molar refractivity (Wildman–Crippen MR) is 113 cm³/mol. The lowest BCUT2D eigenvalue weighted by atomic mass is 10.0. The minimum atomic E-state index is -1.03. The summed E-state index contributed by atoms with van der Waals surface area (Å²) in [5.74, 6) is 0.204. The van der Waals surface area contributed by atoms with Crippen molar-refractivity contribution in [3.05, 3.63) is 59.7 Å². The molecule has 1 fully saturated rings. The molecule has 164 valence electrons. The Bertz CT molecular complexity index is 966. The van der Waals surface area contributed by atoms with Crippen molar-refractivity contribution in [1.29, 1.82) is 0 Å². The summed E-state index contributed by atoms with van der Waals surface area (Å²) >= 11 is 0. The molecule has 2 atom stereocenters. The maximum absolute atomic E-state index is 13.4. The van der Waals surface area contributed by atoms with Gasteiger partial charge in [0.1, 0.15) is 12.2 Å². The molecule has 1 saturated heterocycles. The van der Waals surface area contributed by atoms with Gasteiger partial charge >= 0.3 is 6.03 Å². The van der Waals surface area contributed by atoms with Gasteiger partial charge < -0.3 is 25.4 Å². The van der Waals surface area contributed by atoms with E-state index >= 15 is 0 Å². The molecule has 31 heavy (non-hydrogen) atoms. The van der Waals surface area contributed by atoms with Gasteiger partial charge in [0.05, 0.1) is 20.6 Å². The average molecular weight is 426 g/mol. The first kappa shape index (κ1) is 22.1. The number of hydrogen-bond acceptors (Lipinski definition) is 6. The third kappa shape index (κ3) is 4.77. The zero-order valence-electron chi connectivity index (χ0n) is 17.7. The molecule has 3 N–H and O–H groups in total. The van der Waals surface area contributed by atoms with Gasteiger partial charge in [0, 0.05) is 13.6 Å². The molecule has 2 unspecified atom stereocenters. The number of nitrogens with one attached hydrogen (secondary N) is 1. The summed E-state index contributed by atoms with van der Waals surface area (Å²) in [7, 11) is 4.41. The Hall–Kier alpha value is -3.59. The zero-order valence-corrected chi connectivity index (χ0v) is 17.7. The molecule has 9 nitrogen and oxygen atoms in total. The molecular formula is C22H26N4O5. The Morgan fingerprint density at radius 2 is 1.74 bits per heavy atom. The first-order valence-electron chi connectivity index (χ1n) is 9.73. The molecule has 2 aromatic carbocycles. The zero-order chi connectivity index (χ0) is 22.5. The SMILES string of the molecule is COc1ccc(CC(=O)N(Cc2ccccc2)C2C(=O)N(C)C(=O)NC2N)cc1OC. The van der Waals surface area contributed by atoms with E-state index in [0.29, 0.717) is 17.1 Å². The Balaban J connectivity index is 1.91. The van der Waals surface area contributed by atoms with Crippen molar-refractivity contribution in [1.82, 2.24) is 15.1 Å². The quantitative estimate of drug-likeness (QED) is 0.686. The number of methoxy groups -OCH3 is 2. The molecule has 1 aliphatic rings. The molecule has 0 radical (unpaired) electrons. The molecule has 0 aliphatic carbocycles. The normalized spacial score (nSPS) is 18.4. The fraction of sp³-hybridized carbons (Fsp3) is 0.318. The van der Waals surface area contributed by atoms with E-state index in [0.717, 1.165) is 10.5 Å². The number of carbonyl (C=O) groups is 3. The number of ether oxygens (including phenoxy) is 2. The van der Waals surface area contributed by atoms with Crippen LogP contribution in [-0.4, -0.2) is 61.1 Å². The topological polar surface area (TPSA) is 114 Å². The van der Waals surface area contributed by atoms with Crippen LogP contribution in [0.2, 0.25) is 0 Å². The highest BCUT2D eigenvalue weighted by Gasteiger charge is 2.43. The van der Waals surface area contributed by atoms with Crippen molar-refractivity contribution in [3.8, 4) is 11.5 Å². The minimum Gasteiger partial charge on any atom is -0.493 e. The third-order valence-corrected chi connectivity index (χ3v) is 5.17. The lowest BCUT2D eigenvalue weighted by Gasteiger charge is -2.40. The Morgan fingerprint density at radius 1 is 1.06 bits per heavy atom. The monoisotopic (exact) mass is 426 g/mol. The summed E-state index contributed by atoms with van der Waals surface area (Å²) in [5.41, 5.74) is 7.61. The Kier molecular flexibility index (Phi) is 6.76. The van der Waals surface area contributed by atoms with Crippen LogP contribution in [0, 0.1) is 0 Å². The van der Waals surface area contributed by atoms with Crippen molar-refractivity contribution in [2.75, 3.05) is 21.3 Å². The van der Waals surface area contributed by atoms with Gasteiger partial charge in [-0.25, -0.2) is 4.79 Å². The number of imide groups is 1. The second kappa shape index (κ2) is 9.48. The summed E-state index contributed by atoms with van der Waals surface area (Å²) in [6.07, 6.45) is -1.00. The number of carbonyl (C=O) groups excluding carboxylic acids is 3. The number of amides is 4. The standard InChI is InChI=1S/C22H26N4O5/c1-25-21(28)19(20(23)24-22(25)29)26(13-14-7-5-4-6-8-14)18(27)12-15-9-10-16(30-2)17(11-15)31-3/h4-11,19-20H,12-13,23H2,1-3H3,(H,24,29). The fourth-order valence-corrected chi connectivity index (χ4v) is 3.49. The highest BCUT2D eigenvalue weighted by Crippen LogP contribution is 2.28. The van der Waals surface area contributed by atoms with Crippen molar-refractivity contribution in [2.45, 2.75) is 25.2 Å². The van der Waals surface area contributed by atoms with Crippen LogP contribution in [0.5, 0.6) is 11.5 Å². The molecule has 1 heterocycles. The highest BCUT2D eigenvalue weighted by molar-refractivity contribution is 6.01. The number of rotatable bonds is 7. The van der Waals surface area contributed by atoms with Gasteiger partial charge in [-0.3, -0.25) is 14.5 Å². The number of likely N-dealkylation sites (N-methyl/N-ethyl adjacent to an activating group) is 1. The maximum atomic E-state index is 13.4. The van der Waals surface area contributed by atoms with Gasteiger partial charge in [-0.05, 0) is 23.3 Å². The molecular weight excluding hydrogens is 400 g/mol. The summed E-state index contributed by atoms with van der Waals surface area (Å²) in [4.78, 5) is 40.5. The van der Waals surface area contributed by atoms with Gasteiger partial charge in [0.15, 0.2) is 11.5 Å². The van der Waals surface area contributed by atoms with Crippen LogP contribution in [0.3, 0.4) is 0 Å². The van der Waals surface area contributed by atoms with Crippen LogP contribution < -0.4 is 20.5 Å². The predicted octanol–water partition coefficient (Wildman–Crippen LogP) is 1.11. The van der Waals surface area contributed by atoms with E-state index < -0.39 is 24.1 Å². The van der Waals surface area contributed by atoms with E-state index in [9.17, 15) is 14.4 Å². The molecule has 0 bridgehead atoms. The van der Waals surface area contributed by atoms with Gasteiger partial charge in [-0.2, -0.15) is 0 Å². The van der Waals surface area contributed by atoms with Crippen LogP contribution >= 0.6 is 0 Å². The summed E-state index contributed by atoms with van der Waals surface area (Å²) < 4.78 is 10.6. The number of hydrogen-bond donors (Lipinski definition) is 2. The van der Waals surface area contributed by atoms with Crippen molar-refractivity contribution in [3.63, 3.8) is 0 Å². The van der Waals surface area contributed by atoms with Crippen LogP contribution in [0.25, 0.3) is 0 Å². The number of benzene rings is 2. The van der Waals surface area contributed by atoms with Crippen molar-refractivity contribution < 1.29 is 23.9 Å². The minimum absolute atomic E-state index is 0.0152. The largest absolute Gasteiger partial charge is 0.493 e. The van der Waals surface area contributed by atoms with Crippen molar-refractivity contribution >= 4 is 17.8 Å². The van der Waals surface area contributed by atoms with Crippen LogP contribution in [0.15, 0.2) is 48.5 Å². The van der Waals surface area contributed by atoms with Crippen LogP contribution in [0.4, 0.5) is 4.79 Å². The van der Waals surface area contributed by atoms with Crippen LogP contribution in [0.1, 0.15) is 11.1 Å². The molecule has 0 spiro atoms. The summed E-state index contributed by atoms with van der Waals surface area (Å²) in [5, 5.41) is 2.54.